The minimum Gasteiger partial charge on any atom is -0.378 e. The molecule has 0 saturated carbocycles. The van der Waals surface area contributed by atoms with Gasteiger partial charge in [0.1, 0.15) is 6.54 Å². The van der Waals surface area contributed by atoms with Gasteiger partial charge in [0.2, 0.25) is 5.91 Å². The first-order valence-electron chi connectivity index (χ1n) is 8.26. The van der Waals surface area contributed by atoms with Gasteiger partial charge in [-0.1, -0.05) is 26.0 Å². The summed E-state index contributed by atoms with van der Waals surface area (Å²) in [7, 11) is 3.45. The van der Waals surface area contributed by atoms with Crippen molar-refractivity contribution in [3.8, 4) is 0 Å². The molecule has 0 radical (unpaired) electrons. The average molecular weight is 326 g/mol. The van der Waals surface area contributed by atoms with Crippen molar-refractivity contribution in [3.05, 3.63) is 12.2 Å². The van der Waals surface area contributed by atoms with E-state index < -0.39 is 0 Å². The summed E-state index contributed by atoms with van der Waals surface area (Å²) in [5, 5.41) is 6.44. The molecule has 1 unspecified atom stereocenters. The molecule has 134 valence electrons. The number of carbonyl (C=O) groups is 1. The van der Waals surface area contributed by atoms with Crippen LogP contribution < -0.4 is 10.6 Å². The molecule has 0 aromatic heterocycles. The lowest BCUT2D eigenvalue weighted by atomic mass is 10.0. The number of aliphatic imine (C=N–C) groups is 1. The maximum absolute atomic E-state index is 11.7. The molecule has 23 heavy (non-hydrogen) atoms. The number of hydrogen-bond donors (Lipinski definition) is 2. The highest BCUT2D eigenvalue weighted by molar-refractivity contribution is 5.84. The Labute approximate surface area is 141 Å². The lowest BCUT2D eigenvalue weighted by Gasteiger charge is -2.21. The van der Waals surface area contributed by atoms with E-state index in [0.717, 1.165) is 25.1 Å². The second-order valence-electron chi connectivity index (χ2n) is 6.22. The number of likely N-dealkylation sites (N-methyl/N-ethyl adjacent to an activating group) is 1. The first-order valence-corrected chi connectivity index (χ1v) is 8.26. The Kier molecular flexibility index (Phi) is 11.1. The quantitative estimate of drug-likeness (QED) is 0.364. The summed E-state index contributed by atoms with van der Waals surface area (Å²) in [4.78, 5) is 17.5. The third-order valence-electron chi connectivity index (χ3n) is 3.27. The Morgan fingerprint density at radius 1 is 1.30 bits per heavy atom. The molecule has 0 fully saturated rings. The normalized spacial score (nSPS) is 12.9. The third-order valence-corrected chi connectivity index (χ3v) is 3.27. The third kappa shape index (κ3) is 10.7. The molecule has 0 bridgehead atoms. The molecular formula is C17H34N4O2. The van der Waals surface area contributed by atoms with Crippen LogP contribution >= 0.6 is 0 Å². The van der Waals surface area contributed by atoms with Crippen LogP contribution in [0, 0.1) is 5.92 Å². The molecule has 0 aliphatic carbocycles. The molecule has 6 nitrogen and oxygen atoms in total. The molecular weight excluding hydrogens is 292 g/mol. The zero-order valence-electron chi connectivity index (χ0n) is 15.6. The predicted octanol–water partition coefficient (Wildman–Crippen LogP) is 1.64. The van der Waals surface area contributed by atoms with Crippen LogP contribution in [0.1, 0.15) is 34.1 Å². The maximum Gasteiger partial charge on any atom is 0.243 e. The van der Waals surface area contributed by atoms with Crippen LogP contribution in [0.2, 0.25) is 0 Å². The summed E-state index contributed by atoms with van der Waals surface area (Å²) in [6.45, 7) is 14.3. The van der Waals surface area contributed by atoms with Crippen LogP contribution in [-0.4, -0.2) is 63.2 Å². The summed E-state index contributed by atoms with van der Waals surface area (Å²) in [6.07, 6.45) is 1.11. The molecule has 0 aliphatic rings. The van der Waals surface area contributed by atoms with E-state index >= 15 is 0 Å². The van der Waals surface area contributed by atoms with Gasteiger partial charge in [0.25, 0.3) is 0 Å². The van der Waals surface area contributed by atoms with Crippen LogP contribution in [0.5, 0.6) is 0 Å². The van der Waals surface area contributed by atoms with Gasteiger partial charge in [-0.3, -0.25) is 4.79 Å². The molecule has 1 atom stereocenters. The van der Waals surface area contributed by atoms with Gasteiger partial charge in [-0.15, -0.1) is 0 Å². The molecule has 0 heterocycles. The zero-order valence-corrected chi connectivity index (χ0v) is 15.6. The number of rotatable bonds is 10. The van der Waals surface area contributed by atoms with Crippen molar-refractivity contribution in [3.63, 3.8) is 0 Å². The SMILES string of the molecule is C=C(C)CNC(=NCC(=O)N(C)C)NCCC(OCC)C(C)C. The van der Waals surface area contributed by atoms with E-state index in [1.165, 1.54) is 4.90 Å². The summed E-state index contributed by atoms with van der Waals surface area (Å²) in [5.41, 5.74) is 1.01. The van der Waals surface area contributed by atoms with E-state index in [-0.39, 0.29) is 18.6 Å². The largest absolute Gasteiger partial charge is 0.378 e. The van der Waals surface area contributed by atoms with E-state index in [9.17, 15) is 4.79 Å². The molecule has 0 aromatic carbocycles. The van der Waals surface area contributed by atoms with Crippen molar-refractivity contribution in [1.82, 2.24) is 15.5 Å². The van der Waals surface area contributed by atoms with Gasteiger partial charge in [-0.25, -0.2) is 4.99 Å². The number of guanidine groups is 1. The number of amides is 1. The fraction of sp³-hybridized carbons (Fsp3) is 0.765. The summed E-state index contributed by atoms with van der Waals surface area (Å²) in [6, 6.07) is 0. The standard InChI is InChI=1S/C17H34N4O2/c1-8-23-15(14(4)5)9-10-18-17(19-11-13(2)3)20-12-16(22)21(6)7/h14-15H,2,8-12H2,1,3-7H3,(H2,18,19,20). The van der Waals surface area contributed by atoms with Gasteiger partial charge in [0.05, 0.1) is 6.10 Å². The highest BCUT2D eigenvalue weighted by Gasteiger charge is 2.13. The highest BCUT2D eigenvalue weighted by Crippen LogP contribution is 2.09. The van der Waals surface area contributed by atoms with Crippen LogP contribution in [0.25, 0.3) is 0 Å². The monoisotopic (exact) mass is 326 g/mol. The smallest absolute Gasteiger partial charge is 0.243 e. The number of carbonyl (C=O) groups excluding carboxylic acids is 1. The summed E-state index contributed by atoms with van der Waals surface area (Å²) < 4.78 is 5.74. The first kappa shape index (κ1) is 21.4. The van der Waals surface area contributed by atoms with Crippen LogP contribution in [0.3, 0.4) is 0 Å². The fourth-order valence-electron chi connectivity index (χ4n) is 1.85. The highest BCUT2D eigenvalue weighted by atomic mass is 16.5. The Balaban J connectivity index is 4.53. The minimum atomic E-state index is -0.0317. The van der Waals surface area contributed by atoms with Gasteiger partial charge in [-0.2, -0.15) is 0 Å². The van der Waals surface area contributed by atoms with Crippen molar-refractivity contribution in [2.45, 2.75) is 40.2 Å². The number of nitrogens with zero attached hydrogens (tertiary/aromatic N) is 2. The lowest BCUT2D eigenvalue weighted by Crippen LogP contribution is -2.40. The second-order valence-corrected chi connectivity index (χ2v) is 6.22. The molecule has 0 saturated heterocycles. The van der Waals surface area contributed by atoms with Crippen molar-refractivity contribution in [2.24, 2.45) is 10.9 Å². The van der Waals surface area contributed by atoms with Gasteiger partial charge in [0.15, 0.2) is 5.96 Å². The van der Waals surface area contributed by atoms with Crippen molar-refractivity contribution < 1.29 is 9.53 Å². The van der Waals surface area contributed by atoms with Gasteiger partial charge in [-0.05, 0) is 26.2 Å². The number of nitrogens with one attached hydrogen (secondary N) is 2. The first-order chi connectivity index (χ1) is 10.8. The van der Waals surface area contributed by atoms with Crippen molar-refractivity contribution in [1.29, 1.82) is 0 Å². The van der Waals surface area contributed by atoms with Crippen LogP contribution in [0.15, 0.2) is 17.1 Å². The van der Waals surface area contributed by atoms with Crippen molar-refractivity contribution in [2.75, 3.05) is 40.3 Å². The maximum atomic E-state index is 11.7. The van der Waals surface area contributed by atoms with Crippen molar-refractivity contribution >= 4 is 11.9 Å². The summed E-state index contributed by atoms with van der Waals surface area (Å²) >= 11 is 0. The van der Waals surface area contributed by atoms with E-state index in [2.05, 4.69) is 36.1 Å². The van der Waals surface area contributed by atoms with E-state index in [0.29, 0.717) is 18.4 Å². The topological polar surface area (TPSA) is 66.0 Å². The molecule has 0 spiro atoms. The van der Waals surface area contributed by atoms with Gasteiger partial charge in [0, 0.05) is 33.8 Å². The Bertz CT molecular complexity index is 392. The van der Waals surface area contributed by atoms with E-state index in [1.54, 1.807) is 14.1 Å². The van der Waals surface area contributed by atoms with E-state index in [4.69, 9.17) is 4.74 Å². The molecule has 0 rings (SSSR count). The Hall–Kier alpha value is -1.56. The number of hydrogen-bond acceptors (Lipinski definition) is 3. The fourth-order valence-corrected chi connectivity index (χ4v) is 1.85. The molecule has 2 N–H and O–H groups in total. The second kappa shape index (κ2) is 11.9. The minimum absolute atomic E-state index is 0.0317. The number of ether oxygens (including phenoxy) is 1. The van der Waals surface area contributed by atoms with E-state index in [1.807, 2.05) is 13.8 Å². The van der Waals surface area contributed by atoms with Gasteiger partial charge < -0.3 is 20.3 Å². The lowest BCUT2D eigenvalue weighted by molar-refractivity contribution is -0.127. The molecule has 1 amide bonds. The zero-order chi connectivity index (χ0) is 17.8. The molecule has 6 heteroatoms. The van der Waals surface area contributed by atoms with Gasteiger partial charge >= 0.3 is 0 Å². The Morgan fingerprint density at radius 3 is 2.43 bits per heavy atom. The summed E-state index contributed by atoms with van der Waals surface area (Å²) in [5.74, 6) is 1.06. The predicted molar refractivity (Wildman–Crippen MR) is 96.7 cm³/mol. The molecule has 0 aromatic rings. The Morgan fingerprint density at radius 2 is 1.96 bits per heavy atom. The molecule has 0 aliphatic heterocycles. The average Bonchev–Trinajstić information content (AvgIpc) is 2.47. The van der Waals surface area contributed by atoms with Crippen LogP contribution in [-0.2, 0) is 9.53 Å². The van der Waals surface area contributed by atoms with Crippen LogP contribution in [0.4, 0.5) is 0 Å².